The van der Waals surface area contributed by atoms with Crippen molar-refractivity contribution in [3.05, 3.63) is 34.9 Å². The van der Waals surface area contributed by atoms with Crippen molar-refractivity contribution in [1.29, 1.82) is 0 Å². The Kier molecular flexibility index (Phi) is 7.83. The number of amides is 2. The smallest absolute Gasteiger partial charge is 0.352 e. The van der Waals surface area contributed by atoms with Crippen molar-refractivity contribution in [3.63, 3.8) is 0 Å². The van der Waals surface area contributed by atoms with Crippen molar-refractivity contribution in [2.24, 2.45) is 5.16 Å². The average Bonchev–Trinajstić information content (AvgIpc) is 3.32. The molecule has 2 aromatic heterocycles. The summed E-state index contributed by atoms with van der Waals surface area (Å²) in [5, 5.41) is 29.2. The number of carboxylic acids is 2. The highest BCUT2D eigenvalue weighted by atomic mass is 32.2. The van der Waals surface area contributed by atoms with Crippen molar-refractivity contribution in [1.82, 2.24) is 20.2 Å². The van der Waals surface area contributed by atoms with Crippen LogP contribution in [0.15, 0.2) is 34.3 Å². The van der Waals surface area contributed by atoms with Gasteiger partial charge in [-0.05, 0) is 18.8 Å². The molecule has 0 aromatic carbocycles. The van der Waals surface area contributed by atoms with E-state index < -0.39 is 46.5 Å². The highest BCUT2D eigenvalue weighted by molar-refractivity contribution is 8.00. The molecule has 40 heavy (non-hydrogen) atoms. The second-order valence-electron chi connectivity index (χ2n) is 9.14. The fraction of sp³-hybridized carbons (Fsp3) is 0.364. The number of nitrogens with one attached hydrogen (secondary N) is 2. The van der Waals surface area contributed by atoms with Crippen molar-refractivity contribution >= 4 is 69.2 Å². The minimum Gasteiger partial charge on any atom is -0.478 e. The third-order valence-electron chi connectivity index (χ3n) is 5.92. The van der Waals surface area contributed by atoms with Crippen LogP contribution in [-0.4, -0.2) is 84.4 Å². The summed E-state index contributed by atoms with van der Waals surface area (Å²) in [5.41, 5.74) is 10.1. The maximum Gasteiger partial charge on any atom is 0.352 e. The summed E-state index contributed by atoms with van der Waals surface area (Å²) in [4.78, 5) is 64.3. The number of aromatic nitrogens is 3. The molecule has 4 rings (SSSR count). The molecule has 212 valence electrons. The Balaban J connectivity index is 1.55. The molecule has 2 aliphatic rings. The molecule has 8 N–H and O–H groups in total. The van der Waals surface area contributed by atoms with Gasteiger partial charge in [-0.1, -0.05) is 5.16 Å². The van der Waals surface area contributed by atoms with E-state index in [1.54, 1.807) is 17.8 Å². The summed E-state index contributed by atoms with van der Waals surface area (Å²) in [5.74, 6) is -3.41. The molecule has 0 saturated carbocycles. The normalized spacial score (nSPS) is 19.0. The van der Waals surface area contributed by atoms with Crippen LogP contribution in [-0.2, 0) is 30.6 Å². The van der Waals surface area contributed by atoms with Gasteiger partial charge in [0, 0.05) is 23.8 Å². The maximum atomic E-state index is 13.2. The third-order valence-corrected chi connectivity index (χ3v) is 7.93. The van der Waals surface area contributed by atoms with E-state index in [1.165, 1.54) is 37.3 Å². The fourth-order valence-electron chi connectivity index (χ4n) is 3.81. The molecule has 0 radical (unpaired) electrons. The summed E-state index contributed by atoms with van der Waals surface area (Å²) in [7, 11) is 1.67. The van der Waals surface area contributed by atoms with Crippen molar-refractivity contribution in [2.75, 3.05) is 29.6 Å². The second-order valence-corrected chi connectivity index (χ2v) is 11.1. The van der Waals surface area contributed by atoms with Crippen LogP contribution in [0.4, 0.5) is 16.6 Å². The zero-order valence-corrected chi connectivity index (χ0v) is 23.1. The van der Waals surface area contributed by atoms with Gasteiger partial charge in [-0.2, -0.15) is 0 Å². The lowest BCUT2D eigenvalue weighted by molar-refractivity contribution is -0.691. The SMILES string of the molecule is CNc1nc[n+](CC2=C(C(=O)O)N3C(=O)[C@@H](NC(=O)/C(=N\OC(C)(C)C(=O)O)c4csc(N)n4)[C@H]3SC2)cc1N. The standard InChI is InChI=1S/C22H25N9O7S2/c1-22(2,20(36)37)38-29-12(11-7-40-21(24)27-11)16(32)28-13-17(33)31-14(19(34)35)9(6-39-18(13)31)4-30-5-10(23)15(25-3)26-8-30/h5,7-8,13,18H,4,6,23H2,1-3H3,(H5,24,27,28,32,34,35,36,37)/p+1/b29-12-/t13-,18-/m1/s1. The Hall–Kier alpha value is -4.45. The molecule has 2 aliphatic heterocycles. The topological polar surface area (TPSA) is 239 Å². The first kappa shape index (κ1) is 28.6. The van der Waals surface area contributed by atoms with E-state index in [2.05, 4.69) is 25.8 Å². The molecule has 1 fully saturated rings. The summed E-state index contributed by atoms with van der Waals surface area (Å²) >= 11 is 2.29. The van der Waals surface area contributed by atoms with Gasteiger partial charge in [0.25, 0.3) is 24.0 Å². The molecular formula is C22H26N9O7S2+. The van der Waals surface area contributed by atoms with E-state index >= 15 is 0 Å². The average molecular weight is 593 g/mol. The number of hydrogen-bond donors (Lipinski definition) is 6. The number of oxime groups is 1. The Bertz CT molecular complexity index is 1460. The van der Waals surface area contributed by atoms with Gasteiger partial charge in [0.15, 0.2) is 10.8 Å². The highest BCUT2D eigenvalue weighted by Gasteiger charge is 2.54. The van der Waals surface area contributed by atoms with Gasteiger partial charge < -0.3 is 37.2 Å². The van der Waals surface area contributed by atoms with Crippen LogP contribution in [0.3, 0.4) is 0 Å². The van der Waals surface area contributed by atoms with E-state index in [-0.39, 0.29) is 28.8 Å². The van der Waals surface area contributed by atoms with Gasteiger partial charge in [-0.15, -0.1) is 23.1 Å². The number of carboxylic acid groups (broad SMARTS) is 2. The van der Waals surface area contributed by atoms with Gasteiger partial charge in [-0.3, -0.25) is 14.5 Å². The second kappa shape index (κ2) is 11.0. The molecule has 16 nitrogen and oxygen atoms in total. The first-order valence-electron chi connectivity index (χ1n) is 11.6. The number of thioether (sulfide) groups is 1. The van der Waals surface area contributed by atoms with Crippen LogP contribution in [0.2, 0.25) is 0 Å². The van der Waals surface area contributed by atoms with Crippen LogP contribution < -0.4 is 26.7 Å². The Labute approximate surface area is 235 Å². The molecule has 0 spiro atoms. The number of fused-ring (bicyclic) bond motifs is 1. The third kappa shape index (κ3) is 5.48. The number of hydrogen-bond acceptors (Lipinski definition) is 13. The van der Waals surface area contributed by atoms with Crippen LogP contribution in [0.1, 0.15) is 19.5 Å². The van der Waals surface area contributed by atoms with Crippen molar-refractivity contribution in [2.45, 2.75) is 37.4 Å². The van der Waals surface area contributed by atoms with Gasteiger partial charge >= 0.3 is 11.9 Å². The molecule has 2 aromatic rings. The predicted octanol–water partition coefficient (Wildman–Crippen LogP) is -0.946. The molecule has 0 aliphatic carbocycles. The molecule has 18 heteroatoms. The summed E-state index contributed by atoms with van der Waals surface area (Å²) in [6, 6.07) is -1.08. The zero-order chi connectivity index (χ0) is 29.4. The highest BCUT2D eigenvalue weighted by Crippen LogP contribution is 2.40. The Morgan fingerprint density at radius 1 is 1.32 bits per heavy atom. The molecule has 0 bridgehead atoms. The quantitative estimate of drug-likeness (QED) is 0.0845. The van der Waals surface area contributed by atoms with Gasteiger partial charge in [0.05, 0.1) is 0 Å². The van der Waals surface area contributed by atoms with E-state index in [0.29, 0.717) is 17.1 Å². The fourth-order valence-corrected chi connectivity index (χ4v) is 5.69. The minimum atomic E-state index is -1.77. The van der Waals surface area contributed by atoms with Crippen LogP contribution in [0, 0.1) is 0 Å². The Morgan fingerprint density at radius 3 is 2.62 bits per heavy atom. The summed E-state index contributed by atoms with van der Waals surface area (Å²) < 4.78 is 1.61. The first-order valence-corrected chi connectivity index (χ1v) is 13.5. The van der Waals surface area contributed by atoms with Crippen LogP contribution in [0.25, 0.3) is 0 Å². The molecule has 2 amide bonds. The lowest BCUT2D eigenvalue weighted by Crippen LogP contribution is -2.71. The lowest BCUT2D eigenvalue weighted by atomic mass is 10.0. The number of carbonyl (C=O) groups is 4. The maximum absolute atomic E-state index is 13.2. The summed E-state index contributed by atoms with van der Waals surface area (Å²) in [6.07, 6.45) is 3.09. The molecule has 0 unspecified atom stereocenters. The van der Waals surface area contributed by atoms with Gasteiger partial charge in [-0.25, -0.2) is 19.1 Å². The number of rotatable bonds is 10. The number of carbonyl (C=O) groups excluding carboxylic acids is 2. The van der Waals surface area contributed by atoms with E-state index in [9.17, 15) is 29.4 Å². The number of thiazole rings is 1. The number of anilines is 3. The molecular weight excluding hydrogens is 566 g/mol. The number of nitrogens with zero attached hydrogens (tertiary/aromatic N) is 5. The molecule has 2 atom stereocenters. The number of β-lactam (4-membered cyclic amide) rings is 1. The largest absolute Gasteiger partial charge is 0.478 e. The van der Waals surface area contributed by atoms with Gasteiger partial charge in [0.1, 0.15) is 41.2 Å². The van der Waals surface area contributed by atoms with E-state index in [1.807, 2.05) is 0 Å². The number of nitrogen functional groups attached to an aromatic ring is 2. The summed E-state index contributed by atoms with van der Waals surface area (Å²) in [6.45, 7) is 2.61. The van der Waals surface area contributed by atoms with Crippen LogP contribution >= 0.6 is 23.1 Å². The molecule has 4 heterocycles. The lowest BCUT2D eigenvalue weighted by Gasteiger charge is -2.49. The monoisotopic (exact) mass is 592 g/mol. The van der Waals surface area contributed by atoms with Crippen molar-refractivity contribution in [3.8, 4) is 0 Å². The van der Waals surface area contributed by atoms with Crippen molar-refractivity contribution < 1.29 is 38.8 Å². The van der Waals surface area contributed by atoms with Crippen LogP contribution in [0.5, 0.6) is 0 Å². The number of nitrogens with two attached hydrogens (primary N) is 2. The van der Waals surface area contributed by atoms with E-state index in [0.717, 1.165) is 16.2 Å². The predicted molar refractivity (Wildman–Crippen MR) is 144 cm³/mol. The first-order chi connectivity index (χ1) is 18.8. The molecule has 1 saturated heterocycles. The minimum absolute atomic E-state index is 0.0173. The van der Waals surface area contributed by atoms with Gasteiger partial charge in [0.2, 0.25) is 5.60 Å². The Morgan fingerprint density at radius 2 is 2.05 bits per heavy atom. The number of aliphatic carboxylic acids is 2. The zero-order valence-electron chi connectivity index (χ0n) is 21.4. The van der Waals surface area contributed by atoms with E-state index in [4.69, 9.17) is 16.3 Å².